The van der Waals surface area contributed by atoms with Crippen molar-refractivity contribution in [2.45, 2.75) is 26.4 Å². The van der Waals surface area contributed by atoms with Gasteiger partial charge in [0.1, 0.15) is 5.82 Å². The Morgan fingerprint density at radius 2 is 2.28 bits per heavy atom. The molecule has 5 heteroatoms. The van der Waals surface area contributed by atoms with Gasteiger partial charge >= 0.3 is 0 Å². The largest absolute Gasteiger partial charge is 0.305 e. The van der Waals surface area contributed by atoms with Crippen LogP contribution in [0.15, 0.2) is 23.6 Å². The number of benzene rings is 1. The van der Waals surface area contributed by atoms with E-state index in [1.807, 2.05) is 19.2 Å². The van der Waals surface area contributed by atoms with Crippen LogP contribution in [0.3, 0.4) is 0 Å². The highest BCUT2D eigenvalue weighted by molar-refractivity contribution is 7.09. The molecule has 0 aliphatic rings. The molecule has 18 heavy (non-hydrogen) atoms. The minimum absolute atomic E-state index is 0.102. The lowest BCUT2D eigenvalue weighted by Gasteiger charge is -2.13. The van der Waals surface area contributed by atoms with Crippen LogP contribution in [0.4, 0.5) is 4.39 Å². The summed E-state index contributed by atoms with van der Waals surface area (Å²) in [5.41, 5.74) is 1.99. The number of nitrogens with zero attached hydrogens (tertiary/aromatic N) is 1. The number of hydrogen-bond acceptors (Lipinski definition) is 3. The zero-order chi connectivity index (χ0) is 13.1. The number of rotatable bonds is 4. The predicted octanol–water partition coefficient (Wildman–Crippen LogP) is 4.09. The van der Waals surface area contributed by atoms with Crippen LogP contribution in [0.1, 0.15) is 29.2 Å². The van der Waals surface area contributed by atoms with Gasteiger partial charge in [-0.15, -0.1) is 11.3 Å². The first-order chi connectivity index (χ1) is 8.56. The van der Waals surface area contributed by atoms with Crippen molar-refractivity contribution in [2.75, 3.05) is 0 Å². The highest BCUT2D eigenvalue weighted by Crippen LogP contribution is 2.21. The molecule has 0 amide bonds. The van der Waals surface area contributed by atoms with Gasteiger partial charge in [-0.2, -0.15) is 0 Å². The van der Waals surface area contributed by atoms with Gasteiger partial charge in [0.25, 0.3) is 0 Å². The molecule has 1 N–H and O–H groups in total. The van der Waals surface area contributed by atoms with E-state index in [0.717, 1.165) is 16.3 Å². The van der Waals surface area contributed by atoms with Crippen LogP contribution >= 0.6 is 22.9 Å². The molecule has 0 saturated carbocycles. The monoisotopic (exact) mass is 284 g/mol. The summed E-state index contributed by atoms with van der Waals surface area (Å²) in [6.07, 6.45) is 0. The standard InChI is InChI=1S/C13H14ClFN2S/c1-8(10-3-4-13(15)12(14)5-10)16-6-11-7-18-9(2)17-11/h3-5,7-8,16H,6H2,1-2H3. The molecule has 1 aromatic carbocycles. The highest BCUT2D eigenvalue weighted by atomic mass is 35.5. The first-order valence-corrected chi connectivity index (χ1v) is 6.91. The zero-order valence-corrected chi connectivity index (χ0v) is 11.8. The molecule has 2 aromatic rings. The van der Waals surface area contributed by atoms with E-state index < -0.39 is 0 Å². The van der Waals surface area contributed by atoms with Gasteiger partial charge in [0.2, 0.25) is 0 Å². The maximum absolute atomic E-state index is 13.1. The van der Waals surface area contributed by atoms with Crippen LogP contribution in [0, 0.1) is 12.7 Å². The quantitative estimate of drug-likeness (QED) is 0.914. The van der Waals surface area contributed by atoms with Crippen LogP contribution in [0.5, 0.6) is 0 Å². The molecule has 0 saturated heterocycles. The van der Waals surface area contributed by atoms with Crippen molar-refractivity contribution in [2.24, 2.45) is 0 Å². The third-order valence-corrected chi connectivity index (χ3v) is 3.81. The van der Waals surface area contributed by atoms with Gasteiger partial charge in [-0.25, -0.2) is 9.37 Å². The predicted molar refractivity (Wildman–Crippen MR) is 73.5 cm³/mol. The first-order valence-electron chi connectivity index (χ1n) is 5.65. The molecule has 1 heterocycles. The van der Waals surface area contributed by atoms with Crippen molar-refractivity contribution < 1.29 is 4.39 Å². The van der Waals surface area contributed by atoms with E-state index in [4.69, 9.17) is 11.6 Å². The van der Waals surface area contributed by atoms with E-state index in [2.05, 4.69) is 10.3 Å². The molecule has 0 aliphatic carbocycles. The molecule has 2 nitrogen and oxygen atoms in total. The van der Waals surface area contributed by atoms with E-state index in [9.17, 15) is 4.39 Å². The van der Waals surface area contributed by atoms with Gasteiger partial charge < -0.3 is 5.32 Å². The van der Waals surface area contributed by atoms with Crippen molar-refractivity contribution in [3.05, 3.63) is 50.7 Å². The number of aromatic nitrogens is 1. The Morgan fingerprint density at radius 1 is 1.50 bits per heavy atom. The summed E-state index contributed by atoms with van der Waals surface area (Å²) in [6, 6.07) is 4.89. The summed E-state index contributed by atoms with van der Waals surface area (Å²) in [4.78, 5) is 4.38. The smallest absolute Gasteiger partial charge is 0.141 e. The van der Waals surface area contributed by atoms with Crippen molar-refractivity contribution >= 4 is 22.9 Å². The van der Waals surface area contributed by atoms with Crippen molar-refractivity contribution in [3.8, 4) is 0 Å². The molecule has 0 fully saturated rings. The summed E-state index contributed by atoms with van der Waals surface area (Å²) in [6.45, 7) is 4.70. The Labute approximate surface area is 115 Å². The number of hydrogen-bond donors (Lipinski definition) is 1. The van der Waals surface area contributed by atoms with E-state index in [1.54, 1.807) is 23.5 Å². The van der Waals surface area contributed by atoms with E-state index in [-0.39, 0.29) is 16.9 Å². The van der Waals surface area contributed by atoms with Gasteiger partial charge in [-0.05, 0) is 31.5 Å². The Morgan fingerprint density at radius 3 is 2.89 bits per heavy atom. The lowest BCUT2D eigenvalue weighted by Crippen LogP contribution is -2.18. The third-order valence-electron chi connectivity index (χ3n) is 2.70. The second kappa shape index (κ2) is 5.78. The van der Waals surface area contributed by atoms with E-state index in [1.165, 1.54) is 6.07 Å². The summed E-state index contributed by atoms with van der Waals surface area (Å²) >= 11 is 7.40. The minimum Gasteiger partial charge on any atom is -0.305 e. The normalized spacial score (nSPS) is 12.7. The molecular formula is C13H14ClFN2S. The van der Waals surface area contributed by atoms with Crippen molar-refractivity contribution in [1.29, 1.82) is 0 Å². The summed E-state index contributed by atoms with van der Waals surface area (Å²) in [5.74, 6) is -0.386. The van der Waals surface area contributed by atoms with Gasteiger partial charge in [-0.1, -0.05) is 17.7 Å². The van der Waals surface area contributed by atoms with Gasteiger partial charge in [0.05, 0.1) is 15.7 Å². The van der Waals surface area contributed by atoms with E-state index in [0.29, 0.717) is 6.54 Å². The van der Waals surface area contributed by atoms with Gasteiger partial charge in [-0.3, -0.25) is 0 Å². The molecule has 0 aliphatic heterocycles. The molecule has 0 spiro atoms. The zero-order valence-electron chi connectivity index (χ0n) is 10.2. The van der Waals surface area contributed by atoms with Crippen molar-refractivity contribution in [3.63, 3.8) is 0 Å². The van der Waals surface area contributed by atoms with Gasteiger partial charge in [0.15, 0.2) is 0 Å². The molecular weight excluding hydrogens is 271 g/mol. The number of aryl methyl sites for hydroxylation is 1. The SMILES string of the molecule is Cc1nc(CNC(C)c2ccc(F)c(Cl)c2)cs1. The van der Waals surface area contributed by atoms with Gasteiger partial charge in [0, 0.05) is 18.0 Å². The average molecular weight is 285 g/mol. The summed E-state index contributed by atoms with van der Waals surface area (Å²) in [5, 5.41) is 6.59. The molecule has 2 rings (SSSR count). The second-order valence-corrected chi connectivity index (χ2v) is 5.60. The molecule has 96 valence electrons. The van der Waals surface area contributed by atoms with Crippen LogP contribution in [-0.2, 0) is 6.54 Å². The van der Waals surface area contributed by atoms with Crippen LogP contribution < -0.4 is 5.32 Å². The lowest BCUT2D eigenvalue weighted by molar-refractivity contribution is 0.565. The average Bonchev–Trinajstić information content (AvgIpc) is 2.75. The van der Waals surface area contributed by atoms with Crippen LogP contribution in [0.2, 0.25) is 5.02 Å². The summed E-state index contributed by atoms with van der Waals surface area (Å²) in [7, 11) is 0. The summed E-state index contributed by atoms with van der Waals surface area (Å²) < 4.78 is 13.1. The molecule has 0 radical (unpaired) electrons. The van der Waals surface area contributed by atoms with Crippen LogP contribution in [0.25, 0.3) is 0 Å². The highest BCUT2D eigenvalue weighted by Gasteiger charge is 2.08. The first kappa shape index (κ1) is 13.5. The Kier molecular flexibility index (Phi) is 4.32. The lowest BCUT2D eigenvalue weighted by atomic mass is 10.1. The Bertz CT molecular complexity index is 542. The number of nitrogens with one attached hydrogen (secondary N) is 1. The molecule has 1 aromatic heterocycles. The van der Waals surface area contributed by atoms with Crippen LogP contribution in [-0.4, -0.2) is 4.98 Å². The second-order valence-electron chi connectivity index (χ2n) is 4.13. The maximum Gasteiger partial charge on any atom is 0.141 e. The third kappa shape index (κ3) is 3.28. The van der Waals surface area contributed by atoms with E-state index >= 15 is 0 Å². The number of halogens is 2. The molecule has 1 unspecified atom stereocenters. The van der Waals surface area contributed by atoms with Crippen molar-refractivity contribution in [1.82, 2.24) is 10.3 Å². The number of thiazole rings is 1. The maximum atomic E-state index is 13.1. The molecule has 0 bridgehead atoms. The fourth-order valence-corrected chi connectivity index (χ4v) is 2.45. The molecule has 1 atom stereocenters. The fraction of sp³-hybridized carbons (Fsp3) is 0.308. The Hall–Kier alpha value is -0.970. The topological polar surface area (TPSA) is 24.9 Å². The Balaban J connectivity index is 1.99. The fourth-order valence-electron chi connectivity index (χ4n) is 1.65. The minimum atomic E-state index is -0.386.